The maximum atomic E-state index is 13.3. The molecule has 1 aromatic carbocycles. The van der Waals surface area contributed by atoms with Crippen molar-refractivity contribution in [3.8, 4) is 0 Å². The summed E-state index contributed by atoms with van der Waals surface area (Å²) in [7, 11) is 0. The highest BCUT2D eigenvalue weighted by Gasteiger charge is 2.57. The first-order chi connectivity index (χ1) is 12.1. The lowest BCUT2D eigenvalue weighted by Gasteiger charge is -2.22. The summed E-state index contributed by atoms with van der Waals surface area (Å²) in [6, 6.07) is 6.62. The van der Waals surface area contributed by atoms with Crippen molar-refractivity contribution in [3.05, 3.63) is 46.2 Å². The normalized spacial score (nSPS) is 21.3. The average Bonchev–Trinajstić information content (AvgIpc) is 3.16. The van der Waals surface area contributed by atoms with Gasteiger partial charge in [-0.2, -0.15) is 0 Å². The zero-order chi connectivity index (χ0) is 17.4. The highest BCUT2D eigenvalue weighted by atomic mass is 32.1. The molecule has 2 aromatic rings. The third-order valence-electron chi connectivity index (χ3n) is 5.48. The molecule has 25 heavy (non-hydrogen) atoms. The van der Waals surface area contributed by atoms with Gasteiger partial charge in [-0.15, -0.1) is 11.3 Å². The number of nitrogens with zero attached hydrogens (tertiary/aromatic N) is 1. The quantitative estimate of drug-likeness (QED) is 0.878. The van der Waals surface area contributed by atoms with Crippen LogP contribution in [0.5, 0.6) is 0 Å². The fraction of sp³-hybridized carbons (Fsp3) is 0.474. The van der Waals surface area contributed by atoms with Crippen LogP contribution >= 0.6 is 11.3 Å². The molecule has 132 valence electrons. The SMILES string of the molecule is Cc1nc(NC(=O)C2CC23CCNCC3)sc1Cc1cccc(F)c1. The Bertz CT molecular complexity index is 798. The number of hydrogen-bond donors (Lipinski definition) is 2. The molecule has 1 aliphatic heterocycles. The largest absolute Gasteiger partial charge is 0.317 e. The Morgan fingerprint density at radius 1 is 1.44 bits per heavy atom. The number of aryl methyl sites for hydroxylation is 1. The van der Waals surface area contributed by atoms with Crippen molar-refractivity contribution >= 4 is 22.4 Å². The zero-order valence-corrected chi connectivity index (χ0v) is 15.1. The number of carbonyl (C=O) groups excluding carboxylic acids is 1. The molecule has 2 fully saturated rings. The second kappa shape index (κ2) is 6.50. The summed E-state index contributed by atoms with van der Waals surface area (Å²) >= 11 is 1.49. The molecule has 1 saturated heterocycles. The number of piperidine rings is 1. The van der Waals surface area contributed by atoms with Crippen LogP contribution in [-0.2, 0) is 11.2 Å². The van der Waals surface area contributed by atoms with E-state index < -0.39 is 0 Å². The fourth-order valence-corrected chi connectivity index (χ4v) is 4.87. The van der Waals surface area contributed by atoms with Crippen LogP contribution in [0.3, 0.4) is 0 Å². The molecule has 1 aliphatic carbocycles. The van der Waals surface area contributed by atoms with Gasteiger partial charge >= 0.3 is 0 Å². The Balaban J connectivity index is 1.41. The predicted molar refractivity (Wildman–Crippen MR) is 97.3 cm³/mol. The van der Waals surface area contributed by atoms with Gasteiger partial charge in [0.1, 0.15) is 5.82 Å². The van der Waals surface area contributed by atoms with Crippen molar-refractivity contribution < 1.29 is 9.18 Å². The van der Waals surface area contributed by atoms with Crippen LogP contribution in [0.15, 0.2) is 24.3 Å². The van der Waals surface area contributed by atoms with Crippen LogP contribution < -0.4 is 10.6 Å². The Hall–Kier alpha value is -1.79. The van der Waals surface area contributed by atoms with Crippen molar-refractivity contribution in [1.29, 1.82) is 0 Å². The topological polar surface area (TPSA) is 54.0 Å². The number of benzene rings is 1. The van der Waals surface area contributed by atoms with Crippen molar-refractivity contribution in [2.24, 2.45) is 11.3 Å². The molecule has 1 atom stereocenters. The van der Waals surface area contributed by atoms with E-state index in [1.807, 2.05) is 13.0 Å². The Kier molecular flexibility index (Phi) is 4.33. The van der Waals surface area contributed by atoms with Gasteiger partial charge in [-0.25, -0.2) is 9.37 Å². The summed E-state index contributed by atoms with van der Waals surface area (Å²) in [6.07, 6.45) is 3.82. The van der Waals surface area contributed by atoms with Gasteiger partial charge in [0.05, 0.1) is 5.69 Å². The van der Waals surface area contributed by atoms with Gasteiger partial charge in [0.2, 0.25) is 5.91 Å². The lowest BCUT2D eigenvalue weighted by Crippen LogP contribution is -2.31. The van der Waals surface area contributed by atoms with E-state index in [9.17, 15) is 9.18 Å². The number of aromatic nitrogens is 1. The standard InChI is InChI=1S/C19H22FN3OS/c1-12-16(10-13-3-2-4-14(20)9-13)25-18(22-12)23-17(24)15-11-19(15)5-7-21-8-6-19/h2-4,9,15,21H,5-8,10-11H2,1H3,(H,22,23,24). The number of hydrogen-bond acceptors (Lipinski definition) is 4. The molecule has 6 heteroatoms. The van der Waals surface area contributed by atoms with Gasteiger partial charge in [-0.1, -0.05) is 12.1 Å². The minimum atomic E-state index is -0.228. The molecule has 0 radical (unpaired) electrons. The number of anilines is 1. The van der Waals surface area contributed by atoms with Crippen LogP contribution in [0.4, 0.5) is 9.52 Å². The molecule has 1 spiro atoms. The minimum absolute atomic E-state index is 0.105. The second-order valence-electron chi connectivity index (χ2n) is 7.19. The van der Waals surface area contributed by atoms with E-state index in [1.165, 1.54) is 17.4 Å². The molecule has 4 rings (SSSR count). The molecule has 1 unspecified atom stereocenters. The van der Waals surface area contributed by atoms with E-state index in [-0.39, 0.29) is 23.1 Å². The number of thiazole rings is 1. The van der Waals surface area contributed by atoms with Crippen molar-refractivity contribution in [3.63, 3.8) is 0 Å². The summed E-state index contributed by atoms with van der Waals surface area (Å²) in [6.45, 7) is 3.96. The summed E-state index contributed by atoms with van der Waals surface area (Å²) < 4.78 is 13.3. The van der Waals surface area contributed by atoms with Crippen LogP contribution in [0.25, 0.3) is 0 Å². The summed E-state index contributed by atoms with van der Waals surface area (Å²) in [5, 5.41) is 7.02. The first kappa shape index (κ1) is 16.7. The highest BCUT2D eigenvalue weighted by molar-refractivity contribution is 7.15. The van der Waals surface area contributed by atoms with E-state index in [4.69, 9.17) is 0 Å². The Morgan fingerprint density at radius 3 is 3.00 bits per heavy atom. The number of rotatable bonds is 4. The van der Waals surface area contributed by atoms with Gasteiger partial charge in [-0.05, 0) is 62.4 Å². The molecule has 2 N–H and O–H groups in total. The van der Waals surface area contributed by atoms with Crippen molar-refractivity contribution in [2.75, 3.05) is 18.4 Å². The Labute approximate surface area is 150 Å². The first-order valence-corrected chi connectivity index (χ1v) is 9.60. The smallest absolute Gasteiger partial charge is 0.229 e. The molecule has 0 bridgehead atoms. The minimum Gasteiger partial charge on any atom is -0.317 e. The Morgan fingerprint density at radius 2 is 2.24 bits per heavy atom. The molecular formula is C19H22FN3OS. The number of amides is 1. The van der Waals surface area contributed by atoms with E-state index in [0.717, 1.165) is 48.5 Å². The highest BCUT2D eigenvalue weighted by Crippen LogP contribution is 2.58. The summed E-state index contributed by atoms with van der Waals surface area (Å²) in [4.78, 5) is 18.1. The average molecular weight is 359 g/mol. The number of nitrogens with one attached hydrogen (secondary N) is 2. The van der Waals surface area contributed by atoms with Gasteiger partial charge in [-0.3, -0.25) is 4.79 Å². The van der Waals surface area contributed by atoms with Crippen molar-refractivity contribution in [2.45, 2.75) is 32.6 Å². The molecular weight excluding hydrogens is 337 g/mol. The van der Waals surface area contributed by atoms with E-state index in [0.29, 0.717) is 11.6 Å². The lowest BCUT2D eigenvalue weighted by atomic mass is 9.92. The zero-order valence-electron chi connectivity index (χ0n) is 14.3. The van der Waals surface area contributed by atoms with E-state index >= 15 is 0 Å². The molecule has 2 aliphatic rings. The van der Waals surface area contributed by atoms with Gasteiger partial charge in [0.25, 0.3) is 0 Å². The van der Waals surface area contributed by atoms with Gasteiger partial charge in [0, 0.05) is 17.2 Å². The second-order valence-corrected chi connectivity index (χ2v) is 8.28. The third kappa shape index (κ3) is 3.46. The third-order valence-corrected chi connectivity index (χ3v) is 6.55. The van der Waals surface area contributed by atoms with Crippen LogP contribution in [0.2, 0.25) is 0 Å². The fourth-order valence-electron chi connectivity index (χ4n) is 3.87. The van der Waals surface area contributed by atoms with Gasteiger partial charge in [0.15, 0.2) is 5.13 Å². The van der Waals surface area contributed by atoms with Crippen LogP contribution in [0, 0.1) is 24.1 Å². The molecule has 2 heterocycles. The summed E-state index contributed by atoms with van der Waals surface area (Å²) in [5.41, 5.74) is 2.05. The molecule has 1 aromatic heterocycles. The molecule has 1 saturated carbocycles. The van der Waals surface area contributed by atoms with E-state index in [2.05, 4.69) is 15.6 Å². The molecule has 1 amide bonds. The van der Waals surface area contributed by atoms with Gasteiger partial charge < -0.3 is 10.6 Å². The predicted octanol–water partition coefficient (Wildman–Crippen LogP) is 3.51. The number of carbonyl (C=O) groups is 1. The van der Waals surface area contributed by atoms with Crippen molar-refractivity contribution in [1.82, 2.24) is 10.3 Å². The first-order valence-electron chi connectivity index (χ1n) is 8.78. The molecule has 4 nitrogen and oxygen atoms in total. The number of halogens is 1. The maximum Gasteiger partial charge on any atom is 0.229 e. The summed E-state index contributed by atoms with van der Waals surface area (Å²) in [5.74, 6) is 0.00706. The van der Waals surface area contributed by atoms with Crippen LogP contribution in [-0.4, -0.2) is 24.0 Å². The van der Waals surface area contributed by atoms with E-state index in [1.54, 1.807) is 12.1 Å². The lowest BCUT2D eigenvalue weighted by molar-refractivity contribution is -0.118. The van der Waals surface area contributed by atoms with Crippen LogP contribution in [0.1, 0.15) is 35.4 Å². The monoisotopic (exact) mass is 359 g/mol. The maximum absolute atomic E-state index is 13.3.